The van der Waals surface area contributed by atoms with Crippen molar-refractivity contribution >= 4 is 23.2 Å². The number of nitrogens with one attached hydrogen (secondary N) is 1. The van der Waals surface area contributed by atoms with Gasteiger partial charge in [-0.1, -0.05) is 53.5 Å². The molecule has 4 heteroatoms. The number of rotatable bonds is 5. The summed E-state index contributed by atoms with van der Waals surface area (Å²) < 4.78 is 0. The molecule has 0 heterocycles. The van der Waals surface area contributed by atoms with Gasteiger partial charge in [-0.3, -0.25) is 11.3 Å². The fourth-order valence-corrected chi connectivity index (χ4v) is 2.57. The molecule has 0 bridgehead atoms. The quantitative estimate of drug-likeness (QED) is 0.633. The lowest BCUT2D eigenvalue weighted by atomic mass is 9.97. The zero-order chi connectivity index (χ0) is 14.5. The second-order valence-corrected chi connectivity index (χ2v) is 5.67. The van der Waals surface area contributed by atoms with Crippen LogP contribution in [-0.2, 0) is 6.42 Å². The van der Waals surface area contributed by atoms with E-state index in [4.69, 9.17) is 29.0 Å². The molecule has 3 N–H and O–H groups in total. The zero-order valence-corrected chi connectivity index (χ0v) is 12.9. The Morgan fingerprint density at radius 1 is 1.10 bits per heavy atom. The first-order chi connectivity index (χ1) is 9.61. The van der Waals surface area contributed by atoms with Crippen LogP contribution < -0.4 is 11.3 Å². The number of hydrogen-bond acceptors (Lipinski definition) is 2. The predicted octanol–water partition coefficient (Wildman–Crippen LogP) is 4.44. The summed E-state index contributed by atoms with van der Waals surface area (Å²) in [6, 6.07) is 14.1. The Labute approximate surface area is 129 Å². The molecule has 1 unspecified atom stereocenters. The lowest BCUT2D eigenvalue weighted by Crippen LogP contribution is -2.28. The number of nitrogens with two attached hydrogens (primary N) is 1. The van der Waals surface area contributed by atoms with Crippen LogP contribution in [0.2, 0.25) is 10.0 Å². The van der Waals surface area contributed by atoms with Crippen molar-refractivity contribution in [2.75, 3.05) is 0 Å². The molecule has 0 aliphatic heterocycles. The van der Waals surface area contributed by atoms with E-state index in [2.05, 4.69) is 36.6 Å². The van der Waals surface area contributed by atoms with E-state index in [1.54, 1.807) is 6.07 Å². The third-order valence-electron chi connectivity index (χ3n) is 3.51. The molecular formula is C16H18Cl2N2. The Kier molecular flexibility index (Phi) is 5.44. The molecule has 106 valence electrons. The summed E-state index contributed by atoms with van der Waals surface area (Å²) >= 11 is 12.0. The summed E-state index contributed by atoms with van der Waals surface area (Å²) in [6.07, 6.45) is 1.86. The number of aryl methyl sites for hydroxylation is 2. The average Bonchev–Trinajstić information content (AvgIpc) is 2.45. The molecule has 0 aliphatic rings. The summed E-state index contributed by atoms with van der Waals surface area (Å²) in [4.78, 5) is 0. The number of halogens is 2. The van der Waals surface area contributed by atoms with Crippen molar-refractivity contribution < 1.29 is 0 Å². The maximum absolute atomic E-state index is 6.06. The third kappa shape index (κ3) is 3.74. The Morgan fingerprint density at radius 3 is 2.50 bits per heavy atom. The minimum absolute atomic E-state index is 0.0596. The van der Waals surface area contributed by atoms with E-state index < -0.39 is 0 Å². The van der Waals surface area contributed by atoms with Gasteiger partial charge in [0.05, 0.1) is 10.0 Å². The van der Waals surface area contributed by atoms with Crippen LogP contribution in [0.25, 0.3) is 0 Å². The summed E-state index contributed by atoms with van der Waals surface area (Å²) in [5.74, 6) is 5.67. The second-order valence-electron chi connectivity index (χ2n) is 4.86. The van der Waals surface area contributed by atoms with Gasteiger partial charge in [0.1, 0.15) is 0 Å². The Bertz CT molecular complexity index is 584. The van der Waals surface area contributed by atoms with Crippen molar-refractivity contribution in [3.05, 3.63) is 69.2 Å². The highest BCUT2D eigenvalue weighted by atomic mass is 35.5. The molecule has 2 nitrogen and oxygen atoms in total. The standard InChI is InChI=1S/C16H18Cl2N2/c1-11-4-2-3-5-12(11)7-9-16(20-19)13-6-8-14(17)15(18)10-13/h2-6,8,10,16,20H,7,9,19H2,1H3. The topological polar surface area (TPSA) is 38.0 Å². The molecule has 2 aromatic rings. The van der Waals surface area contributed by atoms with Crippen molar-refractivity contribution in [2.24, 2.45) is 5.84 Å². The molecule has 2 rings (SSSR count). The van der Waals surface area contributed by atoms with Gasteiger partial charge in [0.2, 0.25) is 0 Å². The van der Waals surface area contributed by atoms with E-state index >= 15 is 0 Å². The van der Waals surface area contributed by atoms with Crippen LogP contribution in [0, 0.1) is 6.92 Å². The van der Waals surface area contributed by atoms with Crippen molar-refractivity contribution in [2.45, 2.75) is 25.8 Å². The van der Waals surface area contributed by atoms with E-state index in [1.165, 1.54) is 11.1 Å². The molecule has 0 saturated heterocycles. The summed E-state index contributed by atoms with van der Waals surface area (Å²) in [5, 5.41) is 1.12. The highest BCUT2D eigenvalue weighted by Crippen LogP contribution is 2.27. The molecule has 0 aliphatic carbocycles. The maximum Gasteiger partial charge on any atom is 0.0595 e. The smallest absolute Gasteiger partial charge is 0.0595 e. The molecule has 0 amide bonds. The largest absolute Gasteiger partial charge is 0.271 e. The van der Waals surface area contributed by atoms with Gasteiger partial charge in [-0.15, -0.1) is 0 Å². The fourth-order valence-electron chi connectivity index (χ4n) is 2.27. The monoisotopic (exact) mass is 308 g/mol. The van der Waals surface area contributed by atoms with Crippen molar-refractivity contribution in [1.29, 1.82) is 0 Å². The normalized spacial score (nSPS) is 12.4. The minimum Gasteiger partial charge on any atom is -0.271 e. The fraction of sp³-hybridized carbons (Fsp3) is 0.250. The summed E-state index contributed by atoms with van der Waals surface area (Å²) in [7, 11) is 0. The van der Waals surface area contributed by atoms with Crippen molar-refractivity contribution in [1.82, 2.24) is 5.43 Å². The minimum atomic E-state index is 0.0596. The van der Waals surface area contributed by atoms with Crippen LogP contribution in [0.15, 0.2) is 42.5 Å². The lowest BCUT2D eigenvalue weighted by molar-refractivity contribution is 0.516. The summed E-state index contributed by atoms with van der Waals surface area (Å²) in [6.45, 7) is 2.12. The predicted molar refractivity (Wildman–Crippen MR) is 86.0 cm³/mol. The van der Waals surface area contributed by atoms with Crippen LogP contribution in [-0.4, -0.2) is 0 Å². The SMILES string of the molecule is Cc1ccccc1CCC(NN)c1ccc(Cl)c(Cl)c1. The van der Waals surface area contributed by atoms with Gasteiger partial charge in [-0.25, -0.2) is 0 Å². The highest BCUT2D eigenvalue weighted by Gasteiger charge is 2.12. The first-order valence-electron chi connectivity index (χ1n) is 6.57. The Hall–Kier alpha value is -1.06. The maximum atomic E-state index is 6.06. The van der Waals surface area contributed by atoms with Crippen LogP contribution in [0.1, 0.15) is 29.2 Å². The Balaban J connectivity index is 2.09. The van der Waals surface area contributed by atoms with Gasteiger partial charge in [0.15, 0.2) is 0 Å². The van der Waals surface area contributed by atoms with Crippen molar-refractivity contribution in [3.63, 3.8) is 0 Å². The zero-order valence-electron chi connectivity index (χ0n) is 11.4. The van der Waals surface area contributed by atoms with Gasteiger partial charge < -0.3 is 0 Å². The molecule has 0 radical (unpaired) electrons. The molecule has 0 saturated carbocycles. The van der Waals surface area contributed by atoms with E-state index in [0.717, 1.165) is 18.4 Å². The van der Waals surface area contributed by atoms with E-state index in [0.29, 0.717) is 10.0 Å². The number of hydrogen-bond donors (Lipinski definition) is 2. The van der Waals surface area contributed by atoms with Crippen molar-refractivity contribution in [3.8, 4) is 0 Å². The van der Waals surface area contributed by atoms with Crippen LogP contribution in [0.5, 0.6) is 0 Å². The molecule has 0 aromatic heterocycles. The van der Waals surface area contributed by atoms with E-state index in [1.807, 2.05) is 12.1 Å². The second kappa shape index (κ2) is 7.09. The van der Waals surface area contributed by atoms with Gasteiger partial charge in [0, 0.05) is 6.04 Å². The molecule has 1 atom stereocenters. The molecule has 20 heavy (non-hydrogen) atoms. The van der Waals surface area contributed by atoms with E-state index in [9.17, 15) is 0 Å². The summed E-state index contributed by atoms with van der Waals surface area (Å²) in [5.41, 5.74) is 6.55. The van der Waals surface area contributed by atoms with E-state index in [-0.39, 0.29) is 6.04 Å². The molecule has 0 fully saturated rings. The van der Waals surface area contributed by atoms with Crippen LogP contribution in [0.3, 0.4) is 0 Å². The molecular weight excluding hydrogens is 291 g/mol. The first kappa shape index (κ1) is 15.3. The first-order valence-corrected chi connectivity index (χ1v) is 7.33. The lowest BCUT2D eigenvalue weighted by Gasteiger charge is -2.17. The average molecular weight is 309 g/mol. The Morgan fingerprint density at radius 2 is 1.85 bits per heavy atom. The van der Waals surface area contributed by atoms with Crippen LogP contribution in [0.4, 0.5) is 0 Å². The van der Waals surface area contributed by atoms with Crippen LogP contribution >= 0.6 is 23.2 Å². The molecule has 0 spiro atoms. The van der Waals surface area contributed by atoms with Gasteiger partial charge in [-0.2, -0.15) is 0 Å². The van der Waals surface area contributed by atoms with Gasteiger partial charge in [0.25, 0.3) is 0 Å². The highest BCUT2D eigenvalue weighted by molar-refractivity contribution is 6.42. The third-order valence-corrected chi connectivity index (χ3v) is 4.25. The van der Waals surface area contributed by atoms with Gasteiger partial charge in [-0.05, 0) is 48.6 Å². The number of hydrazine groups is 1. The number of benzene rings is 2. The molecule has 2 aromatic carbocycles. The van der Waals surface area contributed by atoms with Gasteiger partial charge >= 0.3 is 0 Å².